The highest BCUT2D eigenvalue weighted by molar-refractivity contribution is 6.03. The van der Waals surface area contributed by atoms with Crippen molar-refractivity contribution in [2.24, 2.45) is 22.9 Å². The Balaban J connectivity index is 1.45. The Morgan fingerprint density at radius 2 is 1.63 bits per heavy atom. The van der Waals surface area contributed by atoms with Gasteiger partial charge in [-0.15, -0.1) is 6.58 Å². The van der Waals surface area contributed by atoms with Crippen molar-refractivity contribution in [2.45, 2.75) is 159 Å². The number of aliphatic hydroxyl groups is 3. The van der Waals surface area contributed by atoms with Gasteiger partial charge in [0, 0.05) is 49.6 Å². The van der Waals surface area contributed by atoms with Crippen LogP contribution in [0.25, 0.3) is 0 Å². The van der Waals surface area contributed by atoms with E-state index >= 15 is 0 Å². The maximum absolute atomic E-state index is 14.8. The van der Waals surface area contributed by atoms with E-state index in [9.17, 15) is 24.9 Å². The van der Waals surface area contributed by atoms with Crippen LogP contribution in [-0.2, 0) is 23.8 Å². The number of rotatable bonds is 33. The summed E-state index contributed by atoms with van der Waals surface area (Å²) in [6.45, 7) is 7.55. The van der Waals surface area contributed by atoms with Gasteiger partial charge in [-0.3, -0.25) is 9.69 Å². The normalized spacial score (nSPS) is 24.2. The predicted molar refractivity (Wildman–Crippen MR) is 269 cm³/mol. The molecule has 1 amide bonds. The number of amides is 1. The highest BCUT2D eigenvalue weighted by Gasteiger charge is 2.65. The molecule has 7 atom stereocenters. The predicted octanol–water partition coefficient (Wildman–Crippen LogP) is 10.8. The van der Waals surface area contributed by atoms with Crippen molar-refractivity contribution in [3.8, 4) is 17.2 Å². The summed E-state index contributed by atoms with van der Waals surface area (Å²) in [7, 11) is 0. The molecule has 0 spiro atoms. The molecule has 3 N–H and O–H groups in total. The number of nitrogens with zero attached hydrogens (tertiary/aromatic N) is 2. The van der Waals surface area contributed by atoms with Gasteiger partial charge in [-0.1, -0.05) is 107 Å². The number of hydrogen-bond acceptors (Lipinski definition) is 13. The van der Waals surface area contributed by atoms with Crippen LogP contribution in [0.5, 0.6) is 17.2 Å². The molecule has 1 saturated carbocycles. The van der Waals surface area contributed by atoms with Crippen molar-refractivity contribution in [1.82, 2.24) is 4.90 Å². The number of oxime groups is 1. The molecule has 2 fully saturated rings. The van der Waals surface area contributed by atoms with E-state index in [4.69, 9.17) is 38.4 Å². The lowest BCUT2D eigenvalue weighted by Crippen LogP contribution is -2.70. The van der Waals surface area contributed by atoms with E-state index < -0.39 is 30.1 Å². The van der Waals surface area contributed by atoms with Gasteiger partial charge in [-0.2, -0.15) is 0 Å². The lowest BCUT2D eigenvalue weighted by atomic mass is 9.55. The maximum Gasteiger partial charge on any atom is 0.410 e. The average Bonchev–Trinajstić information content (AvgIpc) is 3.38. The number of hydrogen-bond donors (Lipinski definition) is 3. The minimum Gasteiger partial charge on any atom is -0.459 e. The summed E-state index contributed by atoms with van der Waals surface area (Å²) in [6, 6.07) is 12.0. The van der Waals surface area contributed by atoms with Gasteiger partial charge in [0.25, 0.3) is 0 Å². The number of carbonyl (C=O) groups excluding carboxylic acids is 2. The molecule has 4 aliphatic rings. The van der Waals surface area contributed by atoms with Gasteiger partial charge in [0.05, 0.1) is 51.3 Å². The third-order valence-corrected chi connectivity index (χ3v) is 14.3. The van der Waals surface area contributed by atoms with Crippen molar-refractivity contribution in [2.75, 3.05) is 59.4 Å². The molecule has 70 heavy (non-hydrogen) atoms. The molecule has 0 aromatic heterocycles. The Kier molecular flexibility index (Phi) is 23.5. The zero-order chi connectivity index (χ0) is 49.4. The zero-order valence-electron chi connectivity index (χ0n) is 41.9. The van der Waals surface area contributed by atoms with Crippen LogP contribution in [0.3, 0.4) is 0 Å². The van der Waals surface area contributed by atoms with Gasteiger partial charge in [-0.25, -0.2) is 4.79 Å². The molecule has 388 valence electrons. The monoisotopic (exact) mass is 975 g/mol. The summed E-state index contributed by atoms with van der Waals surface area (Å²) in [4.78, 5) is 34.6. The van der Waals surface area contributed by atoms with E-state index in [-0.39, 0.29) is 77.0 Å². The molecule has 2 heterocycles. The van der Waals surface area contributed by atoms with Crippen LogP contribution >= 0.6 is 0 Å². The fourth-order valence-corrected chi connectivity index (χ4v) is 11.0. The number of aldehydes is 1. The van der Waals surface area contributed by atoms with E-state index in [0.717, 1.165) is 81.6 Å². The highest BCUT2D eigenvalue weighted by atomic mass is 16.8. The summed E-state index contributed by atoms with van der Waals surface area (Å²) in [5.74, 6) is -0.666. The maximum atomic E-state index is 14.8. The van der Waals surface area contributed by atoms with Crippen molar-refractivity contribution < 1.29 is 58.2 Å². The molecule has 0 radical (unpaired) electrons. The molecule has 2 aliphatic carbocycles. The summed E-state index contributed by atoms with van der Waals surface area (Å²) >= 11 is 0. The van der Waals surface area contributed by atoms with Crippen molar-refractivity contribution in [1.29, 1.82) is 0 Å². The number of carbonyl (C=O) groups is 2. The summed E-state index contributed by atoms with van der Waals surface area (Å²) in [6.07, 6.45) is 22.5. The number of aliphatic hydroxyl groups excluding tert-OH is 3. The summed E-state index contributed by atoms with van der Waals surface area (Å²) < 4.78 is 39.1. The SMILES string of the molecule is C=CCOC12Oc3ccc(Oc4cccc(C=O)c4)cc3C3C(CCCCO)C(CCCCO)C=C(C(=NOC4CCCCO4)CC1N(CCOCCO)C(=O)OCCCCCCCCCCCC)C32. The second kappa shape index (κ2) is 29.9. The first-order valence-corrected chi connectivity index (χ1v) is 26.6. The largest absolute Gasteiger partial charge is 0.459 e. The molecule has 7 unspecified atom stereocenters. The summed E-state index contributed by atoms with van der Waals surface area (Å²) in [5, 5.41) is 34.7. The smallest absolute Gasteiger partial charge is 0.410 e. The Hall–Kier alpha value is -4.31. The Labute approximate surface area is 416 Å². The molecule has 2 aromatic carbocycles. The van der Waals surface area contributed by atoms with Crippen molar-refractivity contribution >= 4 is 18.1 Å². The fourth-order valence-electron chi connectivity index (χ4n) is 11.0. The van der Waals surface area contributed by atoms with Crippen LogP contribution in [0, 0.1) is 17.8 Å². The third-order valence-electron chi connectivity index (χ3n) is 14.3. The lowest BCUT2D eigenvalue weighted by molar-refractivity contribution is -0.256. The number of allylic oxidation sites excluding steroid dienone is 1. The van der Waals surface area contributed by atoms with Crippen LogP contribution in [0.1, 0.15) is 157 Å². The van der Waals surface area contributed by atoms with Crippen LogP contribution in [-0.4, -0.2) is 116 Å². The van der Waals surface area contributed by atoms with Crippen LogP contribution in [0.4, 0.5) is 4.79 Å². The molecule has 1 saturated heterocycles. The van der Waals surface area contributed by atoms with Gasteiger partial charge < -0.3 is 48.6 Å². The molecule has 2 aliphatic heterocycles. The van der Waals surface area contributed by atoms with Crippen molar-refractivity contribution in [3.63, 3.8) is 0 Å². The van der Waals surface area contributed by atoms with E-state index in [1.54, 1.807) is 29.2 Å². The van der Waals surface area contributed by atoms with Gasteiger partial charge in [0.15, 0.2) is 0 Å². The van der Waals surface area contributed by atoms with E-state index in [2.05, 4.69) is 19.6 Å². The van der Waals surface area contributed by atoms with Gasteiger partial charge >= 0.3 is 6.09 Å². The molecule has 6 rings (SSSR count). The Bertz CT molecular complexity index is 1950. The molecule has 14 heteroatoms. The van der Waals surface area contributed by atoms with E-state index in [1.807, 2.05) is 24.3 Å². The van der Waals surface area contributed by atoms with Crippen LogP contribution < -0.4 is 9.47 Å². The minimum absolute atomic E-state index is 0.00536. The number of fused-ring (bicyclic) bond motifs is 2. The first-order valence-electron chi connectivity index (χ1n) is 26.6. The number of unbranched alkanes of at least 4 members (excludes halogenated alkanes) is 11. The molecular weight excluding hydrogens is 893 g/mol. The Morgan fingerprint density at radius 1 is 0.871 bits per heavy atom. The standard InChI is InChI=1S/C56H82N2O12/c1-3-5-6-7-8-9-10-11-12-18-34-66-55(63)58(28-35-64-36-31-61)51-40-49(57-70-52-25-15-19-33-65-52)47-38-43(22-13-16-29-59)46(24-14-17-30-60)53-48-39-45(68-44-23-20-21-42(37-44)41-62)26-27-50(48)69-56(51,54(47)53)67-32-4-2/h4,20-21,23,26-27,37-39,41,43,46,51-54,59-61H,2-3,5-19,22,24-25,28-36,40H2,1H3. The van der Waals surface area contributed by atoms with Crippen LogP contribution in [0.15, 0.2) is 71.9 Å². The lowest BCUT2D eigenvalue weighted by Gasteiger charge is -2.59. The topological polar surface area (TPSA) is 175 Å². The third kappa shape index (κ3) is 15.1. The molecular formula is C56H82N2O12. The molecule has 2 aromatic rings. The van der Waals surface area contributed by atoms with E-state index in [1.165, 1.54) is 38.5 Å². The highest BCUT2D eigenvalue weighted by Crippen LogP contribution is 2.62. The van der Waals surface area contributed by atoms with Crippen molar-refractivity contribution in [3.05, 3.63) is 77.9 Å². The molecule has 0 bridgehead atoms. The Morgan fingerprint density at radius 3 is 2.34 bits per heavy atom. The average molecular weight is 975 g/mol. The second-order valence-electron chi connectivity index (χ2n) is 19.3. The van der Waals surface area contributed by atoms with E-state index in [0.29, 0.717) is 54.4 Å². The van der Waals surface area contributed by atoms with Crippen LogP contribution in [0.2, 0.25) is 0 Å². The number of benzene rings is 2. The van der Waals surface area contributed by atoms with Gasteiger partial charge in [0.2, 0.25) is 12.1 Å². The number of ether oxygens (including phenoxy) is 6. The minimum atomic E-state index is -1.50. The van der Waals surface area contributed by atoms with Gasteiger partial charge in [0.1, 0.15) is 29.6 Å². The fraction of sp³-hybridized carbons (Fsp3) is 0.661. The first-order chi connectivity index (χ1) is 34.4. The zero-order valence-corrected chi connectivity index (χ0v) is 41.9. The quantitative estimate of drug-likeness (QED) is 0.0268. The summed E-state index contributed by atoms with van der Waals surface area (Å²) in [5.41, 5.74) is 2.95. The second-order valence-corrected chi connectivity index (χ2v) is 19.3. The first kappa shape index (κ1) is 55.0. The molecule has 14 nitrogen and oxygen atoms in total. The van der Waals surface area contributed by atoms with Gasteiger partial charge in [-0.05, 0) is 92.7 Å².